The first-order chi connectivity index (χ1) is 12.3. The third-order valence-corrected chi connectivity index (χ3v) is 3.68. The summed E-state index contributed by atoms with van der Waals surface area (Å²) in [5.41, 5.74) is 0.812. The van der Waals surface area contributed by atoms with Crippen LogP contribution in [-0.4, -0.2) is 36.0 Å². The molecule has 26 heavy (non-hydrogen) atoms. The maximum atomic E-state index is 12.3. The molecule has 0 spiro atoms. The molecule has 0 bridgehead atoms. The van der Waals surface area contributed by atoms with Crippen LogP contribution in [0.25, 0.3) is 0 Å². The van der Waals surface area contributed by atoms with Crippen LogP contribution in [0.5, 0.6) is 0 Å². The van der Waals surface area contributed by atoms with Crippen LogP contribution in [0.15, 0.2) is 30.3 Å². The summed E-state index contributed by atoms with van der Waals surface area (Å²) in [7, 11) is 0. The summed E-state index contributed by atoms with van der Waals surface area (Å²) in [5.74, 6) is -1.84. The van der Waals surface area contributed by atoms with E-state index in [1.807, 2.05) is 44.2 Å². The van der Waals surface area contributed by atoms with Gasteiger partial charge in [-0.2, -0.15) is 0 Å². The van der Waals surface area contributed by atoms with Gasteiger partial charge in [-0.1, -0.05) is 44.2 Å². The molecule has 1 aliphatic heterocycles. The van der Waals surface area contributed by atoms with Crippen LogP contribution in [0.4, 0.5) is 4.79 Å². The molecule has 3 amide bonds. The number of hydrogen-bond acceptors (Lipinski definition) is 6. The van der Waals surface area contributed by atoms with Crippen molar-refractivity contribution in [3.63, 3.8) is 0 Å². The van der Waals surface area contributed by atoms with E-state index in [1.165, 1.54) is 0 Å². The number of alkyl carbamates (subject to hydrolysis) is 1. The number of esters is 1. The van der Waals surface area contributed by atoms with Crippen LogP contribution in [0.3, 0.4) is 0 Å². The molecule has 1 saturated heterocycles. The molecule has 1 aromatic carbocycles. The Morgan fingerprint density at radius 2 is 1.92 bits per heavy atom. The number of carbonyl (C=O) groups is 4. The molecule has 1 heterocycles. The molecule has 0 aromatic heterocycles. The second-order valence-corrected chi connectivity index (χ2v) is 6.43. The topological polar surface area (TPSA) is 111 Å². The Morgan fingerprint density at radius 1 is 1.23 bits per heavy atom. The number of imide groups is 1. The van der Waals surface area contributed by atoms with Gasteiger partial charge in [0.2, 0.25) is 5.91 Å². The van der Waals surface area contributed by atoms with Crippen molar-refractivity contribution in [1.29, 1.82) is 0 Å². The van der Waals surface area contributed by atoms with Crippen molar-refractivity contribution in [1.82, 2.24) is 10.6 Å². The van der Waals surface area contributed by atoms with Gasteiger partial charge in [-0.25, -0.2) is 9.59 Å². The highest BCUT2D eigenvalue weighted by atomic mass is 16.6. The quantitative estimate of drug-likeness (QED) is 0.558. The third-order valence-electron chi connectivity index (χ3n) is 3.68. The molecule has 0 saturated carbocycles. The Balaban J connectivity index is 1.90. The van der Waals surface area contributed by atoms with Gasteiger partial charge in [0.1, 0.15) is 12.6 Å². The van der Waals surface area contributed by atoms with Crippen molar-refractivity contribution in [3.8, 4) is 0 Å². The summed E-state index contributed by atoms with van der Waals surface area (Å²) in [4.78, 5) is 47.0. The van der Waals surface area contributed by atoms with Crippen molar-refractivity contribution < 1.29 is 28.7 Å². The molecule has 1 aliphatic rings. The van der Waals surface area contributed by atoms with E-state index in [2.05, 4.69) is 10.6 Å². The van der Waals surface area contributed by atoms with Gasteiger partial charge in [-0.3, -0.25) is 14.9 Å². The van der Waals surface area contributed by atoms with Crippen molar-refractivity contribution in [3.05, 3.63) is 35.9 Å². The van der Waals surface area contributed by atoms with Crippen molar-refractivity contribution in [2.75, 3.05) is 0 Å². The molecular formula is C18H22N2O6. The van der Waals surface area contributed by atoms with E-state index in [1.54, 1.807) is 0 Å². The maximum Gasteiger partial charge on any atom is 0.408 e. The van der Waals surface area contributed by atoms with Gasteiger partial charge in [0.05, 0.1) is 6.42 Å². The smallest absolute Gasteiger partial charge is 0.408 e. The number of amides is 3. The van der Waals surface area contributed by atoms with Crippen molar-refractivity contribution >= 4 is 23.9 Å². The molecule has 2 N–H and O–H groups in total. The fraction of sp³-hybridized carbons (Fsp3) is 0.444. The molecule has 2 atom stereocenters. The predicted octanol–water partition coefficient (Wildman–Crippen LogP) is 1.29. The fourth-order valence-electron chi connectivity index (χ4n) is 2.44. The van der Waals surface area contributed by atoms with Gasteiger partial charge >= 0.3 is 12.1 Å². The Morgan fingerprint density at radius 3 is 2.50 bits per heavy atom. The Bertz CT molecular complexity index is 674. The van der Waals surface area contributed by atoms with E-state index in [-0.39, 0.29) is 18.9 Å². The minimum Gasteiger partial charge on any atom is -0.450 e. The van der Waals surface area contributed by atoms with E-state index in [0.29, 0.717) is 6.42 Å². The second-order valence-electron chi connectivity index (χ2n) is 6.43. The van der Waals surface area contributed by atoms with Crippen LogP contribution >= 0.6 is 0 Å². The third kappa shape index (κ3) is 5.87. The first kappa shape index (κ1) is 19.4. The normalized spacial score (nSPS) is 17.6. The molecule has 1 aromatic rings. The number of carbonyl (C=O) groups excluding carboxylic acids is 4. The molecule has 0 radical (unpaired) electrons. The van der Waals surface area contributed by atoms with Crippen LogP contribution in [0.2, 0.25) is 0 Å². The fourth-order valence-corrected chi connectivity index (χ4v) is 2.44. The number of nitrogens with one attached hydrogen (secondary N) is 2. The number of rotatable bonds is 7. The lowest BCUT2D eigenvalue weighted by Crippen LogP contribution is -2.44. The van der Waals surface area contributed by atoms with E-state index >= 15 is 0 Å². The lowest BCUT2D eigenvalue weighted by molar-refractivity contribution is -0.156. The van der Waals surface area contributed by atoms with Gasteiger partial charge < -0.3 is 14.8 Å². The second kappa shape index (κ2) is 8.98. The summed E-state index contributed by atoms with van der Waals surface area (Å²) < 4.78 is 10.2. The van der Waals surface area contributed by atoms with Crippen molar-refractivity contribution in [2.24, 2.45) is 5.92 Å². The highest BCUT2D eigenvalue weighted by Gasteiger charge is 2.36. The van der Waals surface area contributed by atoms with Crippen LogP contribution in [0.1, 0.15) is 32.3 Å². The zero-order valence-electron chi connectivity index (χ0n) is 14.7. The molecular weight excluding hydrogens is 340 g/mol. The van der Waals surface area contributed by atoms with Gasteiger partial charge in [0.15, 0.2) is 6.10 Å². The van der Waals surface area contributed by atoms with Crippen molar-refractivity contribution in [2.45, 2.75) is 45.4 Å². The summed E-state index contributed by atoms with van der Waals surface area (Å²) in [6.45, 7) is 3.82. The molecule has 140 valence electrons. The van der Waals surface area contributed by atoms with E-state index in [4.69, 9.17) is 9.47 Å². The maximum absolute atomic E-state index is 12.3. The number of hydrogen-bond donors (Lipinski definition) is 2. The highest BCUT2D eigenvalue weighted by Crippen LogP contribution is 2.12. The molecule has 8 heteroatoms. The lowest BCUT2D eigenvalue weighted by Gasteiger charge is -2.20. The largest absolute Gasteiger partial charge is 0.450 e. The van der Waals surface area contributed by atoms with E-state index in [9.17, 15) is 19.2 Å². The van der Waals surface area contributed by atoms with Crippen LogP contribution in [-0.2, 0) is 30.5 Å². The monoisotopic (exact) mass is 362 g/mol. The number of ether oxygens (including phenoxy) is 2. The van der Waals surface area contributed by atoms with Crippen LogP contribution in [0, 0.1) is 5.92 Å². The summed E-state index contributed by atoms with van der Waals surface area (Å²) in [6.07, 6.45) is -1.82. The van der Waals surface area contributed by atoms with Gasteiger partial charge in [0, 0.05) is 0 Å². The SMILES string of the molecule is CC(C)C[C@H](NC(=O)OCc1ccccc1)C(=O)OC1CC(=O)NC1=O. The summed E-state index contributed by atoms with van der Waals surface area (Å²) in [5, 5.41) is 4.53. The molecule has 0 aliphatic carbocycles. The Hall–Kier alpha value is -2.90. The lowest BCUT2D eigenvalue weighted by atomic mass is 10.0. The Labute approximate surface area is 151 Å². The van der Waals surface area contributed by atoms with Gasteiger partial charge in [-0.15, -0.1) is 0 Å². The Kier molecular flexibility index (Phi) is 6.71. The van der Waals surface area contributed by atoms with E-state index < -0.39 is 36.0 Å². The minimum absolute atomic E-state index is 0.0651. The average Bonchev–Trinajstić information content (AvgIpc) is 2.90. The van der Waals surface area contributed by atoms with Gasteiger partial charge in [0.25, 0.3) is 5.91 Å². The standard InChI is InChI=1S/C18H22N2O6/c1-11(2)8-13(17(23)26-14-9-15(21)20-16(14)22)19-18(24)25-10-12-6-4-3-5-7-12/h3-7,11,13-14H,8-10H2,1-2H3,(H,19,24)(H,20,21,22)/t13-,14?/m0/s1. The molecule has 2 rings (SSSR count). The average molecular weight is 362 g/mol. The number of benzene rings is 1. The first-order valence-electron chi connectivity index (χ1n) is 8.36. The highest BCUT2D eigenvalue weighted by molar-refractivity contribution is 6.05. The zero-order valence-corrected chi connectivity index (χ0v) is 14.7. The van der Waals surface area contributed by atoms with Crippen LogP contribution < -0.4 is 10.6 Å². The zero-order chi connectivity index (χ0) is 19.1. The molecule has 8 nitrogen and oxygen atoms in total. The molecule has 1 fully saturated rings. The summed E-state index contributed by atoms with van der Waals surface area (Å²) in [6, 6.07) is 8.14. The molecule has 1 unspecified atom stereocenters. The minimum atomic E-state index is -1.16. The predicted molar refractivity (Wildman–Crippen MR) is 90.7 cm³/mol. The van der Waals surface area contributed by atoms with E-state index in [0.717, 1.165) is 5.56 Å². The first-order valence-corrected chi connectivity index (χ1v) is 8.36. The summed E-state index contributed by atoms with van der Waals surface area (Å²) >= 11 is 0. The van der Waals surface area contributed by atoms with Gasteiger partial charge in [-0.05, 0) is 17.9 Å².